The fourth-order valence-electron chi connectivity index (χ4n) is 1.64. The number of rotatable bonds is 2. The maximum atomic E-state index is 13.2. The number of aryl methyl sites for hydroxylation is 2. The average molecular weight is 310 g/mol. The normalized spacial score (nSPS) is 10.5. The van der Waals surface area contributed by atoms with E-state index in [-0.39, 0.29) is 5.82 Å². The Kier molecular flexibility index (Phi) is 3.61. The van der Waals surface area contributed by atoms with E-state index in [1.54, 1.807) is 26.1 Å². The van der Waals surface area contributed by atoms with Crippen LogP contribution in [0.1, 0.15) is 11.3 Å². The van der Waals surface area contributed by atoms with E-state index in [1.807, 2.05) is 6.92 Å². The number of nitrogens with zero attached hydrogens (tertiary/aromatic N) is 2. The zero-order valence-electron chi connectivity index (χ0n) is 10.4. The molecular weight excluding hydrogens is 297 g/mol. The van der Waals surface area contributed by atoms with Crippen LogP contribution < -0.4 is 5.32 Å². The Bertz CT molecular complexity index is 599. The lowest BCUT2D eigenvalue weighted by Gasteiger charge is -2.09. The molecule has 1 aromatic heterocycles. The van der Waals surface area contributed by atoms with Gasteiger partial charge in [-0.15, -0.1) is 0 Å². The Labute approximate surface area is 114 Å². The molecule has 0 saturated heterocycles. The lowest BCUT2D eigenvalue weighted by molar-refractivity contribution is 0.618. The van der Waals surface area contributed by atoms with Crippen molar-refractivity contribution in [3.63, 3.8) is 0 Å². The largest absolute Gasteiger partial charge is 0.372 e. The molecule has 0 saturated carbocycles. The minimum Gasteiger partial charge on any atom is -0.372 e. The van der Waals surface area contributed by atoms with E-state index in [1.165, 1.54) is 6.07 Å². The second-order valence-corrected chi connectivity index (χ2v) is 4.80. The van der Waals surface area contributed by atoms with Crippen LogP contribution in [0.3, 0.4) is 0 Å². The van der Waals surface area contributed by atoms with Gasteiger partial charge in [0.05, 0.1) is 10.2 Å². The smallest absolute Gasteiger partial charge is 0.161 e. The summed E-state index contributed by atoms with van der Waals surface area (Å²) >= 11 is 3.43. The van der Waals surface area contributed by atoms with Crippen LogP contribution >= 0.6 is 15.9 Å². The molecule has 0 unspecified atom stereocenters. The Hall–Kier alpha value is -1.49. The van der Waals surface area contributed by atoms with Gasteiger partial charge in [0.15, 0.2) is 5.82 Å². The quantitative estimate of drug-likeness (QED) is 0.919. The van der Waals surface area contributed by atoms with Crippen molar-refractivity contribution >= 4 is 21.7 Å². The molecule has 0 aliphatic carbocycles. The molecule has 0 bridgehead atoms. The molecule has 2 aromatic rings. The van der Waals surface area contributed by atoms with Gasteiger partial charge in [0.25, 0.3) is 0 Å². The van der Waals surface area contributed by atoms with E-state index in [0.29, 0.717) is 11.4 Å². The SMILES string of the molecule is CNc1nc(-c2ccc(F)c(C)c2)nc(C)c1Br. The summed E-state index contributed by atoms with van der Waals surface area (Å²) in [5.41, 5.74) is 2.23. The summed E-state index contributed by atoms with van der Waals surface area (Å²) in [5, 5.41) is 3.00. The van der Waals surface area contributed by atoms with Gasteiger partial charge >= 0.3 is 0 Å². The lowest BCUT2D eigenvalue weighted by atomic mass is 10.1. The molecular formula is C13H13BrFN3. The molecule has 0 amide bonds. The van der Waals surface area contributed by atoms with E-state index in [4.69, 9.17) is 0 Å². The van der Waals surface area contributed by atoms with Gasteiger partial charge in [0.2, 0.25) is 0 Å². The fraction of sp³-hybridized carbons (Fsp3) is 0.231. The maximum absolute atomic E-state index is 13.2. The highest BCUT2D eigenvalue weighted by Crippen LogP contribution is 2.27. The summed E-state index contributed by atoms with van der Waals surface area (Å²) in [4.78, 5) is 8.80. The third-order valence-corrected chi connectivity index (χ3v) is 3.62. The minimum absolute atomic E-state index is 0.221. The first-order chi connectivity index (χ1) is 8.52. The predicted octanol–water partition coefficient (Wildman–Crippen LogP) is 3.70. The third kappa shape index (κ3) is 2.36. The first-order valence-corrected chi connectivity index (χ1v) is 6.30. The second kappa shape index (κ2) is 5.02. The average Bonchev–Trinajstić information content (AvgIpc) is 2.36. The highest BCUT2D eigenvalue weighted by Gasteiger charge is 2.10. The van der Waals surface area contributed by atoms with Gasteiger partial charge in [-0.05, 0) is 53.5 Å². The van der Waals surface area contributed by atoms with Crippen LogP contribution in [0.2, 0.25) is 0 Å². The van der Waals surface area contributed by atoms with E-state index < -0.39 is 0 Å². The molecule has 0 spiro atoms. The van der Waals surface area contributed by atoms with Crippen LogP contribution in [0, 0.1) is 19.7 Å². The van der Waals surface area contributed by atoms with Crippen LogP contribution in [0.25, 0.3) is 11.4 Å². The van der Waals surface area contributed by atoms with Gasteiger partial charge in [-0.2, -0.15) is 0 Å². The molecule has 94 valence electrons. The summed E-state index contributed by atoms with van der Waals surface area (Å²) < 4.78 is 14.1. The van der Waals surface area contributed by atoms with Gasteiger partial charge in [-0.1, -0.05) is 0 Å². The number of benzene rings is 1. The second-order valence-electron chi connectivity index (χ2n) is 4.01. The van der Waals surface area contributed by atoms with Crippen molar-refractivity contribution < 1.29 is 4.39 Å². The van der Waals surface area contributed by atoms with Gasteiger partial charge in [0.1, 0.15) is 11.6 Å². The molecule has 1 heterocycles. The van der Waals surface area contributed by atoms with Crippen molar-refractivity contribution in [2.24, 2.45) is 0 Å². The molecule has 0 atom stereocenters. The van der Waals surface area contributed by atoms with Crippen LogP contribution in [-0.2, 0) is 0 Å². The predicted molar refractivity (Wildman–Crippen MR) is 74.1 cm³/mol. The number of hydrogen-bond donors (Lipinski definition) is 1. The minimum atomic E-state index is -0.221. The van der Waals surface area contributed by atoms with E-state index >= 15 is 0 Å². The van der Waals surface area contributed by atoms with Crippen LogP contribution in [0.15, 0.2) is 22.7 Å². The van der Waals surface area contributed by atoms with E-state index in [2.05, 4.69) is 31.2 Å². The van der Waals surface area contributed by atoms with Gasteiger partial charge in [0, 0.05) is 12.6 Å². The number of hydrogen-bond acceptors (Lipinski definition) is 3. The number of aromatic nitrogens is 2. The van der Waals surface area contributed by atoms with Gasteiger partial charge in [-0.25, -0.2) is 14.4 Å². The maximum Gasteiger partial charge on any atom is 0.161 e. The number of halogens is 2. The van der Waals surface area contributed by atoms with Gasteiger partial charge in [-0.3, -0.25) is 0 Å². The highest BCUT2D eigenvalue weighted by molar-refractivity contribution is 9.10. The first-order valence-electron chi connectivity index (χ1n) is 5.51. The van der Waals surface area contributed by atoms with Crippen LogP contribution in [0.5, 0.6) is 0 Å². The fourth-order valence-corrected chi connectivity index (χ4v) is 2.01. The summed E-state index contributed by atoms with van der Waals surface area (Å²) in [6.45, 7) is 3.62. The Morgan fingerprint density at radius 3 is 2.56 bits per heavy atom. The zero-order valence-corrected chi connectivity index (χ0v) is 12.0. The summed E-state index contributed by atoms with van der Waals surface area (Å²) in [6, 6.07) is 4.87. The summed E-state index contributed by atoms with van der Waals surface area (Å²) in [5.74, 6) is 1.09. The molecule has 18 heavy (non-hydrogen) atoms. The highest BCUT2D eigenvalue weighted by atomic mass is 79.9. The van der Waals surface area contributed by atoms with E-state index in [0.717, 1.165) is 21.5 Å². The molecule has 5 heteroatoms. The van der Waals surface area contributed by atoms with Crippen LogP contribution in [0.4, 0.5) is 10.2 Å². The molecule has 1 N–H and O–H groups in total. The molecule has 0 radical (unpaired) electrons. The van der Waals surface area contributed by atoms with Crippen LogP contribution in [-0.4, -0.2) is 17.0 Å². The molecule has 3 nitrogen and oxygen atoms in total. The summed E-state index contributed by atoms with van der Waals surface area (Å²) in [6.07, 6.45) is 0. The van der Waals surface area contributed by atoms with Gasteiger partial charge < -0.3 is 5.32 Å². The van der Waals surface area contributed by atoms with Crippen molar-refractivity contribution in [1.29, 1.82) is 0 Å². The van der Waals surface area contributed by atoms with Crippen molar-refractivity contribution in [2.75, 3.05) is 12.4 Å². The number of nitrogens with one attached hydrogen (secondary N) is 1. The standard InChI is InChI=1S/C13H13BrFN3/c1-7-6-9(4-5-10(7)15)12-17-8(2)11(14)13(16-3)18-12/h4-6H,1-3H3,(H,16,17,18). The Morgan fingerprint density at radius 1 is 1.22 bits per heavy atom. The molecule has 0 aliphatic heterocycles. The van der Waals surface area contributed by atoms with E-state index in [9.17, 15) is 4.39 Å². The number of anilines is 1. The molecule has 1 aromatic carbocycles. The first kappa shape index (κ1) is 13.0. The van der Waals surface area contributed by atoms with Crippen molar-refractivity contribution in [3.05, 3.63) is 39.7 Å². The Morgan fingerprint density at radius 2 is 1.94 bits per heavy atom. The van der Waals surface area contributed by atoms with Crippen molar-refractivity contribution in [2.45, 2.75) is 13.8 Å². The Balaban J connectivity index is 2.57. The monoisotopic (exact) mass is 309 g/mol. The zero-order chi connectivity index (χ0) is 13.3. The molecule has 2 rings (SSSR count). The lowest BCUT2D eigenvalue weighted by Crippen LogP contribution is -2.01. The molecule has 0 aliphatic rings. The van der Waals surface area contributed by atoms with Crippen molar-refractivity contribution in [1.82, 2.24) is 9.97 Å². The summed E-state index contributed by atoms with van der Waals surface area (Å²) in [7, 11) is 1.80. The topological polar surface area (TPSA) is 37.8 Å². The van der Waals surface area contributed by atoms with Crippen molar-refractivity contribution in [3.8, 4) is 11.4 Å². The molecule has 0 fully saturated rings. The third-order valence-electron chi connectivity index (χ3n) is 2.67.